The van der Waals surface area contributed by atoms with Crippen molar-refractivity contribution in [2.24, 2.45) is 0 Å². The van der Waals surface area contributed by atoms with Gasteiger partial charge in [0.25, 0.3) is 5.69 Å². The quantitative estimate of drug-likeness (QED) is 0.523. The van der Waals surface area contributed by atoms with E-state index in [4.69, 9.17) is 5.11 Å². The van der Waals surface area contributed by atoms with E-state index in [1.165, 1.54) is 10.7 Å². The van der Waals surface area contributed by atoms with E-state index < -0.39 is 4.92 Å². The van der Waals surface area contributed by atoms with Crippen molar-refractivity contribution < 1.29 is 10.0 Å². The van der Waals surface area contributed by atoms with E-state index in [2.05, 4.69) is 27.7 Å². The lowest BCUT2D eigenvalue weighted by atomic mass is 10.2. The molecule has 6 nitrogen and oxygen atoms in total. The lowest BCUT2D eigenvalue weighted by Gasteiger charge is -2.04. The molecule has 2 aromatic rings. The van der Waals surface area contributed by atoms with Gasteiger partial charge < -0.3 is 5.11 Å². The van der Waals surface area contributed by atoms with Gasteiger partial charge in [-0.05, 0) is 34.2 Å². The van der Waals surface area contributed by atoms with E-state index in [-0.39, 0.29) is 12.3 Å². The molecule has 0 saturated heterocycles. The molecule has 0 atom stereocenters. The molecular weight excluding hydrogens is 337 g/mol. The summed E-state index contributed by atoms with van der Waals surface area (Å²) in [5, 5.41) is 23.9. The van der Waals surface area contributed by atoms with Crippen LogP contribution in [0.5, 0.6) is 0 Å². The number of nitro groups is 1. The minimum Gasteiger partial charge on any atom is -0.392 e. The number of hydrogen-bond donors (Lipinski definition) is 1. The maximum absolute atomic E-state index is 11.0. The second-order valence-electron chi connectivity index (χ2n) is 3.34. The Morgan fingerprint density at radius 2 is 2.29 bits per heavy atom. The summed E-state index contributed by atoms with van der Waals surface area (Å²) < 4.78 is 2.34. The average Bonchev–Trinajstić information content (AvgIpc) is 2.75. The van der Waals surface area contributed by atoms with Crippen LogP contribution in [-0.2, 0) is 6.61 Å². The molecule has 88 valence electrons. The minimum atomic E-state index is -0.483. The normalized spacial score (nSPS) is 10.5. The predicted molar refractivity (Wildman–Crippen MR) is 68.9 cm³/mol. The number of hydrogen-bond acceptors (Lipinski definition) is 4. The molecule has 0 aliphatic carbocycles. The van der Waals surface area contributed by atoms with E-state index >= 15 is 0 Å². The first-order valence-corrected chi connectivity index (χ1v) is 5.78. The van der Waals surface area contributed by atoms with Crippen LogP contribution in [0, 0.1) is 13.7 Å². The molecule has 0 spiro atoms. The van der Waals surface area contributed by atoms with Crippen molar-refractivity contribution in [1.82, 2.24) is 9.78 Å². The third kappa shape index (κ3) is 2.44. The highest BCUT2D eigenvalue weighted by Gasteiger charge is 2.16. The number of nitrogens with zero attached hydrogens (tertiary/aromatic N) is 3. The van der Waals surface area contributed by atoms with Crippen molar-refractivity contribution in [1.29, 1.82) is 0 Å². The summed E-state index contributed by atoms with van der Waals surface area (Å²) >= 11 is 2.08. The van der Waals surface area contributed by atoms with E-state index in [1.54, 1.807) is 24.5 Å². The number of aliphatic hydroxyl groups is 1. The van der Waals surface area contributed by atoms with Gasteiger partial charge in [-0.2, -0.15) is 5.10 Å². The van der Waals surface area contributed by atoms with Crippen molar-refractivity contribution in [3.05, 3.63) is 49.8 Å². The van der Waals surface area contributed by atoms with Crippen molar-refractivity contribution in [3.63, 3.8) is 0 Å². The second-order valence-corrected chi connectivity index (χ2v) is 4.59. The topological polar surface area (TPSA) is 81.2 Å². The highest BCUT2D eigenvalue weighted by molar-refractivity contribution is 14.1. The average molecular weight is 345 g/mol. The molecule has 0 unspecified atom stereocenters. The van der Waals surface area contributed by atoms with Gasteiger partial charge in [0, 0.05) is 12.3 Å². The third-order valence-electron chi connectivity index (χ3n) is 2.22. The predicted octanol–water partition coefficient (Wildman–Crippen LogP) is 1.88. The molecule has 0 amide bonds. The summed E-state index contributed by atoms with van der Waals surface area (Å²) in [5.41, 5.74) is 0.813. The molecular formula is C10H8IN3O3. The first-order chi connectivity index (χ1) is 8.11. The molecule has 7 heteroatoms. The number of halogens is 1. The fourth-order valence-corrected chi connectivity index (χ4v) is 1.83. The Labute approximate surface area is 110 Å². The number of aliphatic hydroxyl groups excluding tert-OH is 1. The second kappa shape index (κ2) is 4.80. The standard InChI is InChI=1S/C10H8IN3O3/c11-8-4-12-13(5-8)9-2-1-7(6-15)3-10(9)14(16)17/h1-5,15H,6H2. The SMILES string of the molecule is O=[N+]([O-])c1cc(CO)ccc1-n1cc(I)cn1. The summed E-state index contributed by atoms with van der Waals surface area (Å²) in [4.78, 5) is 10.5. The number of rotatable bonds is 3. The van der Waals surface area contributed by atoms with Gasteiger partial charge in [-0.1, -0.05) is 6.07 Å². The molecule has 0 aliphatic rings. The molecule has 1 N–H and O–H groups in total. The van der Waals surface area contributed by atoms with Gasteiger partial charge in [-0.15, -0.1) is 0 Å². The minimum absolute atomic E-state index is 0.0731. The van der Waals surface area contributed by atoms with E-state index in [1.807, 2.05) is 0 Å². The van der Waals surface area contributed by atoms with Gasteiger partial charge in [-0.3, -0.25) is 10.1 Å². The molecule has 0 bridgehead atoms. The van der Waals surface area contributed by atoms with Crippen LogP contribution in [0.2, 0.25) is 0 Å². The van der Waals surface area contributed by atoms with Gasteiger partial charge in [0.2, 0.25) is 0 Å². The van der Waals surface area contributed by atoms with E-state index in [9.17, 15) is 10.1 Å². The first kappa shape index (κ1) is 12.0. The first-order valence-electron chi connectivity index (χ1n) is 4.70. The van der Waals surface area contributed by atoms with Crippen LogP contribution in [0.25, 0.3) is 5.69 Å². The maximum atomic E-state index is 11.0. The molecule has 0 radical (unpaired) electrons. The Morgan fingerprint density at radius 3 is 2.82 bits per heavy atom. The van der Waals surface area contributed by atoms with Crippen molar-refractivity contribution in [2.45, 2.75) is 6.61 Å². The maximum Gasteiger partial charge on any atom is 0.295 e. The fraction of sp³-hybridized carbons (Fsp3) is 0.100. The fourth-order valence-electron chi connectivity index (χ4n) is 1.44. The van der Waals surface area contributed by atoms with E-state index in [0.29, 0.717) is 11.3 Å². The van der Waals surface area contributed by atoms with Gasteiger partial charge in [0.1, 0.15) is 5.69 Å². The Bertz CT molecular complexity index is 568. The summed E-state index contributed by atoms with van der Waals surface area (Å²) in [7, 11) is 0. The molecule has 17 heavy (non-hydrogen) atoms. The van der Waals surface area contributed by atoms with Crippen molar-refractivity contribution in [2.75, 3.05) is 0 Å². The summed E-state index contributed by atoms with van der Waals surface area (Å²) in [6.45, 7) is -0.224. The van der Waals surface area contributed by atoms with Gasteiger partial charge in [-0.25, -0.2) is 4.68 Å². The van der Waals surface area contributed by atoms with Crippen LogP contribution in [0.15, 0.2) is 30.6 Å². The Kier molecular flexibility index (Phi) is 3.38. The number of aromatic nitrogens is 2. The van der Waals surface area contributed by atoms with Crippen molar-refractivity contribution >= 4 is 28.3 Å². The van der Waals surface area contributed by atoms with Crippen LogP contribution in [0.1, 0.15) is 5.56 Å². The molecule has 0 aliphatic heterocycles. The zero-order valence-corrected chi connectivity index (χ0v) is 10.7. The Balaban J connectivity index is 2.57. The highest BCUT2D eigenvalue weighted by Crippen LogP contribution is 2.24. The summed E-state index contributed by atoms with van der Waals surface area (Å²) in [6, 6.07) is 4.56. The van der Waals surface area contributed by atoms with Crippen LogP contribution in [0.4, 0.5) is 5.69 Å². The highest BCUT2D eigenvalue weighted by atomic mass is 127. The Morgan fingerprint density at radius 1 is 1.53 bits per heavy atom. The third-order valence-corrected chi connectivity index (χ3v) is 2.77. The summed E-state index contributed by atoms with van der Waals surface area (Å²) in [6.07, 6.45) is 3.31. The molecule has 0 saturated carbocycles. The molecule has 1 aromatic carbocycles. The van der Waals surface area contributed by atoms with Crippen molar-refractivity contribution in [3.8, 4) is 5.69 Å². The van der Waals surface area contributed by atoms with Gasteiger partial charge in [0.05, 0.1) is 21.3 Å². The summed E-state index contributed by atoms with van der Waals surface area (Å²) in [5.74, 6) is 0. The monoisotopic (exact) mass is 345 g/mol. The van der Waals surface area contributed by atoms with Crippen LogP contribution in [-0.4, -0.2) is 19.8 Å². The molecule has 1 aromatic heterocycles. The van der Waals surface area contributed by atoms with Crippen LogP contribution < -0.4 is 0 Å². The largest absolute Gasteiger partial charge is 0.392 e. The molecule has 1 heterocycles. The van der Waals surface area contributed by atoms with Crippen LogP contribution >= 0.6 is 22.6 Å². The zero-order chi connectivity index (χ0) is 12.4. The number of nitro benzene ring substituents is 1. The van der Waals surface area contributed by atoms with E-state index in [0.717, 1.165) is 3.57 Å². The van der Waals surface area contributed by atoms with Crippen LogP contribution in [0.3, 0.4) is 0 Å². The molecule has 2 rings (SSSR count). The van der Waals surface area contributed by atoms with Gasteiger partial charge >= 0.3 is 0 Å². The smallest absolute Gasteiger partial charge is 0.295 e. The van der Waals surface area contributed by atoms with Gasteiger partial charge in [0.15, 0.2) is 0 Å². The lowest BCUT2D eigenvalue weighted by molar-refractivity contribution is -0.384. The lowest BCUT2D eigenvalue weighted by Crippen LogP contribution is -2.01. The Hall–Kier alpha value is -1.48. The number of benzene rings is 1. The zero-order valence-electron chi connectivity index (χ0n) is 8.58. The molecule has 0 fully saturated rings.